The molecule has 3 heterocycles. The Balaban J connectivity index is 1.78. The van der Waals surface area contributed by atoms with Gasteiger partial charge in [0.2, 0.25) is 0 Å². The number of fused-ring (bicyclic) bond motifs is 2. The van der Waals surface area contributed by atoms with Crippen LogP contribution in [-0.2, 0) is 5.41 Å². The van der Waals surface area contributed by atoms with E-state index in [1.807, 2.05) is 12.1 Å². The molecule has 1 aromatic carbocycles. The van der Waals surface area contributed by atoms with Crippen LogP contribution >= 0.6 is 0 Å². The van der Waals surface area contributed by atoms with Crippen molar-refractivity contribution in [1.29, 1.82) is 0 Å². The maximum Gasteiger partial charge on any atom is 0.163 e. The lowest BCUT2D eigenvalue weighted by Crippen LogP contribution is -2.41. The number of aromatic amines is 1. The van der Waals surface area contributed by atoms with E-state index in [1.54, 1.807) is 0 Å². The van der Waals surface area contributed by atoms with Gasteiger partial charge < -0.3 is 19.8 Å². The van der Waals surface area contributed by atoms with Gasteiger partial charge in [-0.3, -0.25) is 0 Å². The van der Waals surface area contributed by atoms with Crippen molar-refractivity contribution in [2.45, 2.75) is 25.2 Å². The Morgan fingerprint density at radius 1 is 1.20 bits per heavy atom. The molecule has 0 amide bonds. The van der Waals surface area contributed by atoms with E-state index in [9.17, 15) is 0 Å². The second kappa shape index (κ2) is 4.38. The zero-order chi connectivity index (χ0) is 13.6. The maximum absolute atomic E-state index is 5.63. The van der Waals surface area contributed by atoms with Crippen LogP contribution in [0.2, 0.25) is 0 Å². The molecule has 20 heavy (non-hydrogen) atoms. The van der Waals surface area contributed by atoms with Crippen LogP contribution in [0.3, 0.4) is 0 Å². The SMILES string of the molecule is CC1(c2nc3cc4c(cc3[nH]2)OCCO4)CCCNC1. The van der Waals surface area contributed by atoms with Gasteiger partial charge in [0.15, 0.2) is 11.5 Å². The molecule has 0 bridgehead atoms. The molecular weight excluding hydrogens is 254 g/mol. The van der Waals surface area contributed by atoms with Crippen molar-refractivity contribution in [3.63, 3.8) is 0 Å². The van der Waals surface area contributed by atoms with Gasteiger partial charge >= 0.3 is 0 Å². The number of aromatic nitrogens is 2. The highest BCUT2D eigenvalue weighted by Crippen LogP contribution is 2.36. The van der Waals surface area contributed by atoms with Crippen molar-refractivity contribution in [2.75, 3.05) is 26.3 Å². The Morgan fingerprint density at radius 2 is 2.00 bits per heavy atom. The number of imidazole rings is 1. The minimum Gasteiger partial charge on any atom is -0.486 e. The van der Waals surface area contributed by atoms with E-state index in [2.05, 4.69) is 17.2 Å². The predicted molar refractivity (Wildman–Crippen MR) is 76.5 cm³/mol. The van der Waals surface area contributed by atoms with Crippen molar-refractivity contribution in [3.05, 3.63) is 18.0 Å². The predicted octanol–water partition coefficient (Wildman–Crippen LogP) is 1.98. The molecule has 1 aromatic heterocycles. The molecular formula is C15H19N3O2. The van der Waals surface area contributed by atoms with E-state index >= 15 is 0 Å². The van der Waals surface area contributed by atoms with Crippen LogP contribution in [-0.4, -0.2) is 36.3 Å². The molecule has 0 saturated carbocycles. The molecule has 2 aromatic rings. The van der Waals surface area contributed by atoms with E-state index in [1.165, 1.54) is 6.42 Å². The standard InChI is InChI=1S/C15H19N3O2/c1-15(3-2-4-16-9-15)14-17-10-7-12-13(8-11(10)18-14)20-6-5-19-12/h7-8,16H,2-6,9H2,1H3,(H,17,18). The van der Waals surface area contributed by atoms with Gasteiger partial charge in [-0.15, -0.1) is 0 Å². The fourth-order valence-electron chi connectivity index (χ4n) is 3.09. The van der Waals surface area contributed by atoms with Gasteiger partial charge in [0, 0.05) is 24.1 Å². The molecule has 0 spiro atoms. The van der Waals surface area contributed by atoms with Crippen molar-refractivity contribution < 1.29 is 9.47 Å². The molecule has 106 valence electrons. The molecule has 0 radical (unpaired) electrons. The number of hydrogen-bond acceptors (Lipinski definition) is 4. The Labute approximate surface area is 117 Å². The van der Waals surface area contributed by atoms with Crippen LogP contribution in [0.1, 0.15) is 25.6 Å². The quantitative estimate of drug-likeness (QED) is 0.834. The van der Waals surface area contributed by atoms with Crippen LogP contribution in [0.5, 0.6) is 11.5 Å². The topological polar surface area (TPSA) is 59.2 Å². The average Bonchev–Trinajstić information content (AvgIpc) is 2.89. The Bertz CT molecular complexity index is 601. The molecule has 1 unspecified atom stereocenters. The number of piperidine rings is 1. The van der Waals surface area contributed by atoms with E-state index in [0.717, 1.165) is 47.9 Å². The highest BCUT2D eigenvalue weighted by molar-refractivity contribution is 5.80. The fraction of sp³-hybridized carbons (Fsp3) is 0.533. The van der Waals surface area contributed by atoms with Gasteiger partial charge in [0.05, 0.1) is 11.0 Å². The molecule has 1 atom stereocenters. The van der Waals surface area contributed by atoms with Crippen molar-refractivity contribution in [1.82, 2.24) is 15.3 Å². The summed E-state index contributed by atoms with van der Waals surface area (Å²) in [5.74, 6) is 2.67. The molecule has 5 nitrogen and oxygen atoms in total. The first kappa shape index (κ1) is 12.0. The molecule has 0 aliphatic carbocycles. The summed E-state index contributed by atoms with van der Waals surface area (Å²) in [6, 6.07) is 3.98. The summed E-state index contributed by atoms with van der Waals surface area (Å²) in [7, 11) is 0. The first-order valence-electron chi connectivity index (χ1n) is 7.25. The summed E-state index contributed by atoms with van der Waals surface area (Å²) in [4.78, 5) is 8.25. The van der Waals surface area contributed by atoms with Gasteiger partial charge in [-0.25, -0.2) is 4.98 Å². The zero-order valence-corrected chi connectivity index (χ0v) is 11.7. The summed E-state index contributed by atoms with van der Waals surface area (Å²) in [5.41, 5.74) is 2.06. The van der Waals surface area contributed by atoms with E-state index < -0.39 is 0 Å². The Hall–Kier alpha value is -1.75. The van der Waals surface area contributed by atoms with Crippen molar-refractivity contribution in [2.24, 2.45) is 0 Å². The van der Waals surface area contributed by atoms with E-state index in [-0.39, 0.29) is 5.41 Å². The molecule has 4 rings (SSSR count). The largest absolute Gasteiger partial charge is 0.486 e. The number of benzene rings is 1. The second-order valence-corrected chi connectivity index (χ2v) is 5.94. The zero-order valence-electron chi connectivity index (χ0n) is 11.7. The van der Waals surface area contributed by atoms with Gasteiger partial charge in [-0.2, -0.15) is 0 Å². The van der Waals surface area contributed by atoms with Gasteiger partial charge in [-0.1, -0.05) is 6.92 Å². The van der Waals surface area contributed by atoms with Crippen LogP contribution in [0, 0.1) is 0 Å². The number of H-pyrrole nitrogens is 1. The van der Waals surface area contributed by atoms with E-state index in [0.29, 0.717) is 13.2 Å². The van der Waals surface area contributed by atoms with Gasteiger partial charge in [0.1, 0.15) is 19.0 Å². The van der Waals surface area contributed by atoms with Crippen LogP contribution in [0.4, 0.5) is 0 Å². The molecule has 2 aliphatic rings. The smallest absolute Gasteiger partial charge is 0.163 e. The summed E-state index contributed by atoms with van der Waals surface area (Å²) < 4.78 is 11.2. The number of nitrogens with zero attached hydrogens (tertiary/aromatic N) is 1. The first-order chi connectivity index (χ1) is 9.74. The van der Waals surface area contributed by atoms with Crippen molar-refractivity contribution in [3.8, 4) is 11.5 Å². The number of ether oxygens (including phenoxy) is 2. The number of hydrogen-bond donors (Lipinski definition) is 2. The number of nitrogens with one attached hydrogen (secondary N) is 2. The lowest BCUT2D eigenvalue weighted by Gasteiger charge is -2.32. The molecule has 5 heteroatoms. The normalized spacial score (nSPS) is 25.9. The highest BCUT2D eigenvalue weighted by atomic mass is 16.6. The Kier molecular flexibility index (Phi) is 2.63. The lowest BCUT2D eigenvalue weighted by molar-refractivity contribution is 0.172. The van der Waals surface area contributed by atoms with Gasteiger partial charge in [0.25, 0.3) is 0 Å². The van der Waals surface area contributed by atoms with Crippen LogP contribution in [0.25, 0.3) is 11.0 Å². The fourth-order valence-corrected chi connectivity index (χ4v) is 3.09. The Morgan fingerprint density at radius 3 is 2.75 bits per heavy atom. The summed E-state index contributed by atoms with van der Waals surface area (Å²) in [6.07, 6.45) is 2.35. The highest BCUT2D eigenvalue weighted by Gasteiger charge is 2.32. The minimum absolute atomic E-state index is 0.0828. The first-order valence-corrected chi connectivity index (χ1v) is 7.25. The molecule has 1 fully saturated rings. The monoisotopic (exact) mass is 273 g/mol. The van der Waals surface area contributed by atoms with Crippen molar-refractivity contribution >= 4 is 11.0 Å². The number of rotatable bonds is 1. The van der Waals surface area contributed by atoms with Crippen LogP contribution in [0.15, 0.2) is 12.1 Å². The summed E-state index contributed by atoms with van der Waals surface area (Å²) in [6.45, 7) is 5.56. The minimum atomic E-state index is 0.0828. The molecule has 1 saturated heterocycles. The maximum atomic E-state index is 5.63. The summed E-state index contributed by atoms with van der Waals surface area (Å²) in [5, 5.41) is 3.46. The van der Waals surface area contributed by atoms with E-state index in [4.69, 9.17) is 14.5 Å². The van der Waals surface area contributed by atoms with Gasteiger partial charge in [-0.05, 0) is 19.4 Å². The lowest BCUT2D eigenvalue weighted by atomic mass is 9.82. The third-order valence-electron chi connectivity index (χ3n) is 4.31. The third-order valence-corrected chi connectivity index (χ3v) is 4.31. The third kappa shape index (κ3) is 1.85. The second-order valence-electron chi connectivity index (χ2n) is 5.94. The molecule has 2 N–H and O–H groups in total. The molecule has 2 aliphatic heterocycles. The average molecular weight is 273 g/mol. The van der Waals surface area contributed by atoms with Crippen LogP contribution < -0.4 is 14.8 Å². The summed E-state index contributed by atoms with van der Waals surface area (Å²) >= 11 is 0.